The number of nitrogens with two attached hydrogens (primary N) is 1. The number of hydrogen-bond acceptors (Lipinski definition) is 3. The SMILES string of the molecule is CC(C)(C)OC(=O)N1CC([C@@H](N)C2CCC2)C1. The Kier molecular flexibility index (Phi) is 3.34. The Balaban J connectivity index is 1.72. The molecule has 1 heterocycles. The minimum Gasteiger partial charge on any atom is -0.444 e. The van der Waals surface area contributed by atoms with Gasteiger partial charge in [-0.3, -0.25) is 0 Å². The molecule has 98 valence electrons. The molecule has 1 atom stereocenters. The zero-order chi connectivity index (χ0) is 12.6. The number of nitrogens with zero attached hydrogens (tertiary/aromatic N) is 1. The summed E-state index contributed by atoms with van der Waals surface area (Å²) in [6.07, 6.45) is 3.66. The van der Waals surface area contributed by atoms with E-state index in [9.17, 15) is 4.79 Å². The molecule has 0 unspecified atom stereocenters. The van der Waals surface area contributed by atoms with Crippen molar-refractivity contribution in [3.8, 4) is 0 Å². The Bertz CT molecular complexity index is 288. The molecule has 2 N–H and O–H groups in total. The summed E-state index contributed by atoms with van der Waals surface area (Å²) in [6.45, 7) is 7.21. The van der Waals surface area contributed by atoms with Gasteiger partial charge in [-0.25, -0.2) is 4.79 Å². The van der Waals surface area contributed by atoms with Crippen molar-refractivity contribution in [2.75, 3.05) is 13.1 Å². The van der Waals surface area contributed by atoms with Crippen molar-refractivity contribution in [2.45, 2.75) is 51.7 Å². The van der Waals surface area contributed by atoms with Crippen LogP contribution in [0.25, 0.3) is 0 Å². The van der Waals surface area contributed by atoms with Gasteiger partial charge >= 0.3 is 6.09 Å². The highest BCUT2D eigenvalue weighted by atomic mass is 16.6. The van der Waals surface area contributed by atoms with Crippen molar-refractivity contribution in [2.24, 2.45) is 17.6 Å². The van der Waals surface area contributed by atoms with Crippen molar-refractivity contribution in [1.29, 1.82) is 0 Å². The van der Waals surface area contributed by atoms with E-state index < -0.39 is 5.60 Å². The lowest BCUT2D eigenvalue weighted by molar-refractivity contribution is -0.0109. The molecule has 1 amide bonds. The lowest BCUT2D eigenvalue weighted by Crippen LogP contribution is -2.59. The average molecular weight is 240 g/mol. The minimum absolute atomic E-state index is 0.199. The largest absolute Gasteiger partial charge is 0.444 e. The van der Waals surface area contributed by atoms with Crippen LogP contribution in [0.1, 0.15) is 40.0 Å². The fourth-order valence-electron chi connectivity index (χ4n) is 2.44. The smallest absolute Gasteiger partial charge is 0.410 e. The van der Waals surface area contributed by atoms with Gasteiger partial charge in [0.05, 0.1) is 0 Å². The van der Waals surface area contributed by atoms with E-state index in [1.807, 2.05) is 20.8 Å². The summed E-state index contributed by atoms with van der Waals surface area (Å²) in [4.78, 5) is 13.5. The molecule has 2 fully saturated rings. The zero-order valence-electron chi connectivity index (χ0n) is 11.1. The van der Waals surface area contributed by atoms with E-state index in [-0.39, 0.29) is 12.1 Å². The van der Waals surface area contributed by atoms with E-state index in [4.69, 9.17) is 10.5 Å². The highest BCUT2D eigenvalue weighted by Gasteiger charge is 2.40. The molecule has 0 radical (unpaired) electrons. The quantitative estimate of drug-likeness (QED) is 0.803. The van der Waals surface area contributed by atoms with Crippen LogP contribution in [0.4, 0.5) is 4.79 Å². The number of rotatable bonds is 2. The highest BCUT2D eigenvalue weighted by Crippen LogP contribution is 2.34. The van der Waals surface area contributed by atoms with Crippen LogP contribution in [0.5, 0.6) is 0 Å². The van der Waals surface area contributed by atoms with Crippen molar-refractivity contribution < 1.29 is 9.53 Å². The number of hydrogen-bond donors (Lipinski definition) is 1. The highest BCUT2D eigenvalue weighted by molar-refractivity contribution is 5.69. The van der Waals surface area contributed by atoms with Gasteiger partial charge in [0.2, 0.25) is 0 Å². The van der Waals surface area contributed by atoms with Gasteiger partial charge in [-0.05, 0) is 39.5 Å². The molecule has 2 rings (SSSR count). The number of carbonyl (C=O) groups is 1. The van der Waals surface area contributed by atoms with E-state index in [1.165, 1.54) is 19.3 Å². The summed E-state index contributed by atoms with van der Waals surface area (Å²) < 4.78 is 5.32. The molecule has 1 aliphatic carbocycles. The number of carbonyl (C=O) groups excluding carboxylic acids is 1. The van der Waals surface area contributed by atoms with Gasteiger partial charge in [-0.2, -0.15) is 0 Å². The molecule has 1 saturated carbocycles. The predicted octanol–water partition coefficient (Wildman–Crippen LogP) is 1.98. The number of likely N-dealkylation sites (tertiary alicyclic amines) is 1. The summed E-state index contributed by atoms with van der Waals surface area (Å²) in [6, 6.07) is 0.280. The van der Waals surface area contributed by atoms with Crippen molar-refractivity contribution in [1.82, 2.24) is 4.90 Å². The van der Waals surface area contributed by atoms with E-state index in [1.54, 1.807) is 4.90 Å². The molecule has 1 aliphatic heterocycles. The Morgan fingerprint density at radius 3 is 2.29 bits per heavy atom. The summed E-state index contributed by atoms with van der Waals surface area (Å²) in [5, 5.41) is 0. The third-order valence-electron chi connectivity index (χ3n) is 3.80. The molecule has 4 nitrogen and oxygen atoms in total. The first kappa shape index (κ1) is 12.7. The maximum absolute atomic E-state index is 11.7. The predicted molar refractivity (Wildman–Crippen MR) is 66.6 cm³/mol. The molecule has 17 heavy (non-hydrogen) atoms. The summed E-state index contributed by atoms with van der Waals surface area (Å²) >= 11 is 0. The Hall–Kier alpha value is -0.770. The van der Waals surface area contributed by atoms with Crippen LogP contribution in [0.3, 0.4) is 0 Å². The van der Waals surface area contributed by atoms with Gasteiger partial charge in [0, 0.05) is 25.0 Å². The number of amides is 1. The van der Waals surface area contributed by atoms with Gasteiger partial charge in [0.25, 0.3) is 0 Å². The topological polar surface area (TPSA) is 55.6 Å². The molecule has 2 aliphatic rings. The standard InChI is InChI=1S/C13H24N2O2/c1-13(2,3)17-12(16)15-7-10(8-15)11(14)9-5-4-6-9/h9-11H,4-8,14H2,1-3H3/t11-/m0/s1. The first-order chi connectivity index (χ1) is 7.87. The molecule has 0 spiro atoms. The van der Waals surface area contributed by atoms with Gasteiger partial charge in [-0.1, -0.05) is 6.42 Å². The molecule has 0 aromatic rings. The molecular formula is C13H24N2O2. The van der Waals surface area contributed by atoms with E-state index >= 15 is 0 Å². The summed E-state index contributed by atoms with van der Waals surface area (Å²) in [5.41, 5.74) is 5.79. The molecular weight excluding hydrogens is 216 g/mol. The second kappa shape index (κ2) is 4.48. The average Bonchev–Trinajstić information content (AvgIpc) is 1.92. The van der Waals surface area contributed by atoms with Crippen LogP contribution in [0.15, 0.2) is 0 Å². The van der Waals surface area contributed by atoms with Gasteiger partial charge in [-0.15, -0.1) is 0 Å². The number of ether oxygens (including phenoxy) is 1. The summed E-state index contributed by atoms with van der Waals surface area (Å²) in [7, 11) is 0. The Morgan fingerprint density at radius 2 is 1.88 bits per heavy atom. The molecule has 4 heteroatoms. The maximum Gasteiger partial charge on any atom is 0.410 e. The molecule has 0 aromatic carbocycles. The van der Waals surface area contributed by atoms with Crippen LogP contribution in [0.2, 0.25) is 0 Å². The normalized spacial score (nSPS) is 23.9. The minimum atomic E-state index is -0.405. The van der Waals surface area contributed by atoms with Crippen LogP contribution >= 0.6 is 0 Å². The van der Waals surface area contributed by atoms with Gasteiger partial charge in [0.15, 0.2) is 0 Å². The van der Waals surface area contributed by atoms with Crippen LogP contribution in [-0.2, 0) is 4.74 Å². The Labute approximate surface area is 103 Å². The van der Waals surface area contributed by atoms with Crippen LogP contribution in [-0.4, -0.2) is 35.7 Å². The third-order valence-corrected chi connectivity index (χ3v) is 3.80. The van der Waals surface area contributed by atoms with Crippen molar-refractivity contribution >= 4 is 6.09 Å². The van der Waals surface area contributed by atoms with Gasteiger partial charge < -0.3 is 15.4 Å². The molecule has 1 saturated heterocycles. The Morgan fingerprint density at radius 1 is 1.29 bits per heavy atom. The first-order valence-electron chi connectivity index (χ1n) is 6.60. The fourth-order valence-corrected chi connectivity index (χ4v) is 2.44. The fraction of sp³-hybridized carbons (Fsp3) is 0.923. The lowest BCUT2D eigenvalue weighted by Gasteiger charge is -2.46. The van der Waals surface area contributed by atoms with Crippen molar-refractivity contribution in [3.63, 3.8) is 0 Å². The van der Waals surface area contributed by atoms with Gasteiger partial charge in [0.1, 0.15) is 5.60 Å². The molecule has 0 bridgehead atoms. The first-order valence-corrected chi connectivity index (χ1v) is 6.60. The van der Waals surface area contributed by atoms with Crippen LogP contribution < -0.4 is 5.73 Å². The lowest BCUT2D eigenvalue weighted by atomic mass is 9.73. The van der Waals surface area contributed by atoms with Crippen molar-refractivity contribution in [3.05, 3.63) is 0 Å². The van der Waals surface area contributed by atoms with Crippen LogP contribution in [0, 0.1) is 11.8 Å². The molecule has 0 aromatic heterocycles. The van der Waals surface area contributed by atoms with E-state index in [0.717, 1.165) is 13.1 Å². The summed E-state index contributed by atoms with van der Waals surface area (Å²) in [5.74, 6) is 1.17. The second-order valence-corrected chi connectivity index (χ2v) is 6.41. The maximum atomic E-state index is 11.7. The second-order valence-electron chi connectivity index (χ2n) is 6.41. The van der Waals surface area contributed by atoms with E-state index in [0.29, 0.717) is 11.8 Å². The zero-order valence-corrected chi connectivity index (χ0v) is 11.1. The monoisotopic (exact) mass is 240 g/mol. The van der Waals surface area contributed by atoms with E-state index in [2.05, 4.69) is 0 Å². The third kappa shape index (κ3) is 2.92.